The number of aliphatic carboxylic acids is 1. The van der Waals surface area contributed by atoms with Crippen LogP contribution in [0.4, 0.5) is 17.3 Å². The van der Waals surface area contributed by atoms with Crippen LogP contribution in [-0.4, -0.2) is 52.1 Å². The normalized spacial score (nSPS) is 17.8. The monoisotopic (exact) mass is 455 g/mol. The number of aromatic nitrogens is 3. The lowest BCUT2D eigenvalue weighted by atomic mass is 9.92. The van der Waals surface area contributed by atoms with Crippen molar-refractivity contribution in [2.45, 2.75) is 77.2 Å². The summed E-state index contributed by atoms with van der Waals surface area (Å²) < 4.78 is 5.63. The van der Waals surface area contributed by atoms with Crippen molar-refractivity contribution in [3.8, 4) is 0 Å². The van der Waals surface area contributed by atoms with Crippen LogP contribution in [0.2, 0.25) is 0 Å². The molecule has 1 unspecified atom stereocenters. The Labute approximate surface area is 196 Å². The van der Waals surface area contributed by atoms with E-state index in [1.165, 1.54) is 0 Å². The lowest BCUT2D eigenvalue weighted by molar-refractivity contribution is -0.137. The van der Waals surface area contributed by atoms with Gasteiger partial charge in [0, 0.05) is 31.7 Å². The maximum Gasteiger partial charge on any atom is 0.303 e. The number of nitrogens with zero attached hydrogens (tertiary/aromatic N) is 3. The van der Waals surface area contributed by atoms with Crippen molar-refractivity contribution in [1.82, 2.24) is 15.2 Å². The molecule has 1 aliphatic carbocycles. The number of H-pyrrole nitrogens is 1. The maximum atomic E-state index is 11.4. The summed E-state index contributed by atoms with van der Waals surface area (Å²) in [4.78, 5) is 18.6. The molecule has 2 heterocycles. The third-order valence-electron chi connectivity index (χ3n) is 6.62. The minimum absolute atomic E-state index is 0.0344. The fourth-order valence-electron chi connectivity index (χ4n) is 4.69. The predicted molar refractivity (Wildman–Crippen MR) is 129 cm³/mol. The molecule has 2 aromatic rings. The highest BCUT2D eigenvalue weighted by molar-refractivity contribution is 5.75. The number of hydrogen-bond acceptors (Lipinski definition) is 6. The average molecular weight is 456 g/mol. The molecule has 3 N–H and O–H groups in total. The van der Waals surface area contributed by atoms with E-state index in [1.807, 2.05) is 6.92 Å². The molecule has 0 bridgehead atoms. The molecule has 0 amide bonds. The minimum atomic E-state index is -0.771. The molecular weight excluding hydrogens is 418 g/mol. The number of carboxylic acid groups (broad SMARTS) is 1. The molecule has 2 aliphatic rings. The molecule has 180 valence electrons. The summed E-state index contributed by atoms with van der Waals surface area (Å²) in [6, 6.07) is 6.75. The number of benzene rings is 1. The van der Waals surface area contributed by atoms with Gasteiger partial charge in [-0.1, -0.05) is 26.8 Å². The van der Waals surface area contributed by atoms with Gasteiger partial charge in [0.25, 0.3) is 0 Å². The highest BCUT2D eigenvalue weighted by atomic mass is 16.5. The lowest BCUT2D eigenvalue weighted by Crippen LogP contribution is -2.42. The zero-order valence-electron chi connectivity index (χ0n) is 20.0. The van der Waals surface area contributed by atoms with Gasteiger partial charge in [0.05, 0.1) is 17.8 Å². The van der Waals surface area contributed by atoms with E-state index in [0.717, 1.165) is 74.6 Å². The van der Waals surface area contributed by atoms with Gasteiger partial charge in [-0.05, 0) is 61.6 Å². The summed E-state index contributed by atoms with van der Waals surface area (Å²) >= 11 is 0. The van der Waals surface area contributed by atoms with Gasteiger partial charge in [0.1, 0.15) is 5.82 Å². The average Bonchev–Trinajstić information content (AvgIpc) is 3.55. The molecule has 0 spiro atoms. The zero-order chi connectivity index (χ0) is 23.4. The Morgan fingerprint density at radius 2 is 2.03 bits per heavy atom. The highest BCUT2D eigenvalue weighted by Crippen LogP contribution is 2.39. The van der Waals surface area contributed by atoms with Crippen molar-refractivity contribution in [1.29, 1.82) is 0 Å². The molecule has 1 saturated heterocycles. The van der Waals surface area contributed by atoms with Gasteiger partial charge in [-0.2, -0.15) is 4.98 Å². The number of anilines is 3. The second-order valence-electron chi connectivity index (χ2n) is 9.81. The van der Waals surface area contributed by atoms with Crippen LogP contribution in [-0.2, 0) is 9.53 Å². The number of rotatable bonds is 11. The molecule has 2 fully saturated rings. The van der Waals surface area contributed by atoms with E-state index in [9.17, 15) is 9.90 Å². The third-order valence-corrected chi connectivity index (χ3v) is 6.62. The first kappa shape index (κ1) is 23.5. The number of carbonyl (C=O) groups is 1. The third kappa shape index (κ3) is 6.05. The lowest BCUT2D eigenvalue weighted by Gasteiger charge is -2.38. The van der Waals surface area contributed by atoms with Crippen LogP contribution in [0.25, 0.3) is 0 Å². The highest BCUT2D eigenvalue weighted by Gasteiger charge is 2.28. The fraction of sp³-hybridized carbons (Fsp3) is 0.640. The van der Waals surface area contributed by atoms with Gasteiger partial charge in [0.15, 0.2) is 0 Å². The van der Waals surface area contributed by atoms with Gasteiger partial charge in [-0.25, -0.2) is 0 Å². The van der Waals surface area contributed by atoms with Gasteiger partial charge in [-0.15, -0.1) is 5.10 Å². The van der Waals surface area contributed by atoms with Crippen molar-refractivity contribution in [3.05, 3.63) is 29.6 Å². The van der Waals surface area contributed by atoms with Crippen LogP contribution < -0.4 is 10.2 Å². The molecule has 0 radical (unpaired) electrons. The van der Waals surface area contributed by atoms with Crippen molar-refractivity contribution < 1.29 is 14.6 Å². The smallest absolute Gasteiger partial charge is 0.303 e. The molecule has 1 aromatic carbocycles. The number of hydrogen-bond donors (Lipinski definition) is 3. The molecule has 1 atom stereocenters. The largest absolute Gasteiger partial charge is 0.481 e. The Balaban J connectivity index is 1.69. The molecule has 33 heavy (non-hydrogen) atoms. The first-order valence-corrected chi connectivity index (χ1v) is 12.3. The Kier molecular flexibility index (Phi) is 7.53. The van der Waals surface area contributed by atoms with E-state index in [0.29, 0.717) is 23.8 Å². The summed E-state index contributed by atoms with van der Waals surface area (Å²) in [6.07, 6.45) is 5.21. The molecule has 1 aromatic heterocycles. The molecule has 8 heteroatoms. The standard InChI is InChI=1S/C25H37N5O3/c1-4-17(14-23(31)32)19-7-8-22(30(15-16(2)3)20-9-11-33-12-10-20)21(13-19)26-25-27-24(28-29-25)18-5-6-18/h7-8,13,16-18,20H,4-6,9-12,14-15H2,1-3H3,(H,31,32)(H2,26,27,28,29). The Morgan fingerprint density at radius 3 is 2.67 bits per heavy atom. The van der Waals surface area contributed by atoms with Crippen LogP contribution in [0.3, 0.4) is 0 Å². The zero-order valence-corrected chi connectivity index (χ0v) is 20.0. The minimum Gasteiger partial charge on any atom is -0.481 e. The quantitative estimate of drug-likeness (QED) is 0.436. The summed E-state index contributed by atoms with van der Waals surface area (Å²) in [7, 11) is 0. The van der Waals surface area contributed by atoms with E-state index < -0.39 is 5.97 Å². The SMILES string of the molecule is CCC(CC(=O)O)c1ccc(N(CC(C)C)C2CCOCC2)c(Nc2n[nH]c(C3CC3)n2)c1. The molecule has 1 aliphatic heterocycles. The van der Waals surface area contributed by atoms with Gasteiger partial charge in [0.2, 0.25) is 5.95 Å². The van der Waals surface area contributed by atoms with E-state index >= 15 is 0 Å². The number of ether oxygens (including phenoxy) is 1. The van der Waals surface area contributed by atoms with Crippen LogP contribution in [0, 0.1) is 5.92 Å². The van der Waals surface area contributed by atoms with Crippen LogP contribution in [0.5, 0.6) is 0 Å². The summed E-state index contributed by atoms with van der Waals surface area (Å²) in [5, 5.41) is 20.3. The molecule has 1 saturated carbocycles. The van der Waals surface area contributed by atoms with Crippen molar-refractivity contribution in [2.75, 3.05) is 30.0 Å². The Hall–Kier alpha value is -2.61. The topological polar surface area (TPSA) is 103 Å². The molecular formula is C25H37N5O3. The second-order valence-corrected chi connectivity index (χ2v) is 9.81. The number of carboxylic acids is 1. The van der Waals surface area contributed by atoms with Crippen LogP contribution in [0.15, 0.2) is 18.2 Å². The molecule has 8 nitrogen and oxygen atoms in total. The Bertz CT molecular complexity index is 934. The summed E-state index contributed by atoms with van der Waals surface area (Å²) in [6.45, 7) is 9.02. The first-order valence-electron chi connectivity index (χ1n) is 12.3. The van der Waals surface area contributed by atoms with Crippen molar-refractivity contribution >= 4 is 23.3 Å². The summed E-state index contributed by atoms with van der Waals surface area (Å²) in [5.74, 6) is 1.70. The van der Waals surface area contributed by atoms with Gasteiger partial charge >= 0.3 is 5.97 Å². The molecule has 4 rings (SSSR count). The van der Waals surface area contributed by atoms with E-state index in [2.05, 4.69) is 57.4 Å². The fourth-order valence-corrected chi connectivity index (χ4v) is 4.69. The first-order chi connectivity index (χ1) is 15.9. The van der Waals surface area contributed by atoms with Crippen LogP contribution >= 0.6 is 0 Å². The van der Waals surface area contributed by atoms with E-state index in [-0.39, 0.29) is 12.3 Å². The maximum absolute atomic E-state index is 11.4. The van der Waals surface area contributed by atoms with Crippen molar-refractivity contribution in [2.24, 2.45) is 5.92 Å². The van der Waals surface area contributed by atoms with Crippen LogP contribution in [0.1, 0.15) is 82.5 Å². The predicted octanol–water partition coefficient (Wildman–Crippen LogP) is 5.04. The van der Waals surface area contributed by atoms with E-state index in [1.54, 1.807) is 0 Å². The second kappa shape index (κ2) is 10.5. The summed E-state index contributed by atoms with van der Waals surface area (Å²) in [5.41, 5.74) is 3.08. The van der Waals surface area contributed by atoms with Crippen molar-refractivity contribution in [3.63, 3.8) is 0 Å². The number of aromatic amines is 1. The number of nitrogens with one attached hydrogen (secondary N) is 2. The Morgan fingerprint density at radius 1 is 1.27 bits per heavy atom. The van der Waals surface area contributed by atoms with Gasteiger partial charge < -0.3 is 20.1 Å². The van der Waals surface area contributed by atoms with E-state index in [4.69, 9.17) is 4.74 Å². The van der Waals surface area contributed by atoms with Gasteiger partial charge in [-0.3, -0.25) is 9.89 Å².